The highest BCUT2D eigenvalue weighted by molar-refractivity contribution is 5.63. The van der Waals surface area contributed by atoms with Crippen molar-refractivity contribution in [1.82, 2.24) is 0 Å². The fraction of sp³-hybridized carbons (Fsp3) is 0.455. The van der Waals surface area contributed by atoms with Gasteiger partial charge in [-0.25, -0.2) is 4.39 Å². The standard InChI is InChI=1S/C11H13FN2O2/c1-7-4-10(13-6-8-2-3-8)11(14(15)16)5-9(7)12/h4-5,8,13H,2-3,6H2,1H3. The van der Waals surface area contributed by atoms with E-state index in [9.17, 15) is 14.5 Å². The molecule has 0 amide bonds. The van der Waals surface area contributed by atoms with Crippen molar-refractivity contribution in [2.75, 3.05) is 11.9 Å². The Kier molecular flexibility index (Phi) is 2.77. The van der Waals surface area contributed by atoms with E-state index in [2.05, 4.69) is 5.32 Å². The van der Waals surface area contributed by atoms with E-state index in [-0.39, 0.29) is 5.69 Å². The molecule has 1 saturated carbocycles. The van der Waals surface area contributed by atoms with Crippen molar-refractivity contribution in [3.8, 4) is 0 Å². The number of nitro groups is 1. The summed E-state index contributed by atoms with van der Waals surface area (Å²) in [4.78, 5) is 10.2. The second kappa shape index (κ2) is 4.08. The number of rotatable bonds is 4. The highest BCUT2D eigenvalue weighted by atomic mass is 19.1. The smallest absolute Gasteiger partial charge is 0.295 e. The Morgan fingerprint density at radius 3 is 2.81 bits per heavy atom. The van der Waals surface area contributed by atoms with Gasteiger partial charge in [-0.3, -0.25) is 10.1 Å². The average Bonchev–Trinajstić information content (AvgIpc) is 3.02. The van der Waals surface area contributed by atoms with Crippen LogP contribution in [0.25, 0.3) is 0 Å². The molecule has 16 heavy (non-hydrogen) atoms. The van der Waals surface area contributed by atoms with Gasteiger partial charge in [-0.05, 0) is 37.3 Å². The van der Waals surface area contributed by atoms with Crippen LogP contribution in [-0.2, 0) is 0 Å². The third kappa shape index (κ3) is 2.29. The molecule has 1 aromatic rings. The summed E-state index contributed by atoms with van der Waals surface area (Å²) in [5.74, 6) is 0.0774. The van der Waals surface area contributed by atoms with Gasteiger partial charge in [0.1, 0.15) is 11.5 Å². The fourth-order valence-electron chi connectivity index (χ4n) is 1.54. The normalized spacial score (nSPS) is 14.9. The van der Waals surface area contributed by atoms with Crippen LogP contribution in [0.2, 0.25) is 0 Å². The van der Waals surface area contributed by atoms with E-state index in [0.29, 0.717) is 17.2 Å². The van der Waals surface area contributed by atoms with Gasteiger partial charge in [-0.2, -0.15) is 0 Å². The van der Waals surface area contributed by atoms with Gasteiger partial charge in [0.25, 0.3) is 5.69 Å². The van der Waals surface area contributed by atoms with Crippen LogP contribution < -0.4 is 5.32 Å². The van der Waals surface area contributed by atoms with E-state index in [0.717, 1.165) is 12.6 Å². The van der Waals surface area contributed by atoms with Crippen molar-refractivity contribution in [3.05, 3.63) is 33.6 Å². The summed E-state index contributed by atoms with van der Waals surface area (Å²) in [6.07, 6.45) is 2.34. The van der Waals surface area contributed by atoms with Gasteiger partial charge in [0.05, 0.1) is 11.0 Å². The van der Waals surface area contributed by atoms with Gasteiger partial charge in [0, 0.05) is 6.54 Å². The number of anilines is 1. The van der Waals surface area contributed by atoms with Crippen molar-refractivity contribution in [1.29, 1.82) is 0 Å². The molecule has 1 aromatic carbocycles. The second-order valence-electron chi connectivity index (χ2n) is 4.20. The third-order valence-electron chi connectivity index (χ3n) is 2.75. The number of hydrogen-bond donors (Lipinski definition) is 1. The van der Waals surface area contributed by atoms with Crippen LogP contribution in [0.15, 0.2) is 12.1 Å². The van der Waals surface area contributed by atoms with Crippen molar-refractivity contribution < 1.29 is 9.31 Å². The molecule has 1 fully saturated rings. The zero-order valence-electron chi connectivity index (χ0n) is 9.00. The predicted molar refractivity (Wildman–Crippen MR) is 59.0 cm³/mol. The fourth-order valence-corrected chi connectivity index (χ4v) is 1.54. The number of benzene rings is 1. The van der Waals surface area contributed by atoms with Gasteiger partial charge < -0.3 is 5.32 Å². The van der Waals surface area contributed by atoms with E-state index in [1.807, 2.05) is 0 Å². The lowest BCUT2D eigenvalue weighted by Gasteiger charge is -2.07. The molecule has 1 aliphatic rings. The maximum absolute atomic E-state index is 13.2. The molecule has 0 saturated heterocycles. The van der Waals surface area contributed by atoms with E-state index in [4.69, 9.17) is 0 Å². The SMILES string of the molecule is Cc1cc(NCC2CC2)c([N+](=O)[O-])cc1F. The van der Waals surface area contributed by atoms with Gasteiger partial charge in [0.15, 0.2) is 0 Å². The molecule has 86 valence electrons. The first-order valence-electron chi connectivity index (χ1n) is 5.26. The second-order valence-corrected chi connectivity index (χ2v) is 4.20. The Morgan fingerprint density at radius 1 is 1.56 bits per heavy atom. The number of hydrogen-bond acceptors (Lipinski definition) is 3. The first kappa shape index (κ1) is 10.9. The van der Waals surface area contributed by atoms with Crippen LogP contribution in [0.1, 0.15) is 18.4 Å². The molecule has 0 heterocycles. The maximum atomic E-state index is 13.2. The van der Waals surface area contributed by atoms with Crippen LogP contribution in [0, 0.1) is 28.8 Å². The molecule has 0 radical (unpaired) electrons. The quantitative estimate of drug-likeness (QED) is 0.632. The Bertz CT molecular complexity index is 430. The van der Waals surface area contributed by atoms with E-state index < -0.39 is 10.7 Å². The number of aryl methyl sites for hydroxylation is 1. The molecule has 4 nitrogen and oxygen atoms in total. The number of halogens is 1. The summed E-state index contributed by atoms with van der Waals surface area (Å²) in [5, 5.41) is 13.8. The van der Waals surface area contributed by atoms with Gasteiger partial charge in [-0.1, -0.05) is 0 Å². The zero-order chi connectivity index (χ0) is 11.7. The van der Waals surface area contributed by atoms with Crippen LogP contribution in [0.4, 0.5) is 15.8 Å². The first-order valence-corrected chi connectivity index (χ1v) is 5.26. The van der Waals surface area contributed by atoms with E-state index in [1.54, 1.807) is 6.92 Å². The van der Waals surface area contributed by atoms with Crippen molar-refractivity contribution in [2.24, 2.45) is 5.92 Å². The molecule has 0 bridgehead atoms. The molecule has 0 spiro atoms. The summed E-state index contributed by atoms with van der Waals surface area (Å²) in [6, 6.07) is 2.47. The minimum atomic E-state index is -0.558. The lowest BCUT2D eigenvalue weighted by atomic mass is 10.1. The molecular weight excluding hydrogens is 211 g/mol. The molecule has 0 aromatic heterocycles. The lowest BCUT2D eigenvalue weighted by Crippen LogP contribution is -2.06. The van der Waals surface area contributed by atoms with Crippen LogP contribution in [-0.4, -0.2) is 11.5 Å². The van der Waals surface area contributed by atoms with Crippen molar-refractivity contribution >= 4 is 11.4 Å². The van der Waals surface area contributed by atoms with Crippen molar-refractivity contribution in [2.45, 2.75) is 19.8 Å². The van der Waals surface area contributed by atoms with Crippen LogP contribution in [0.3, 0.4) is 0 Å². The topological polar surface area (TPSA) is 55.2 Å². The minimum Gasteiger partial charge on any atom is -0.379 e. The van der Waals surface area contributed by atoms with Gasteiger partial charge in [-0.15, -0.1) is 0 Å². The molecule has 0 aliphatic heterocycles. The Labute approximate surface area is 92.6 Å². The summed E-state index contributed by atoms with van der Waals surface area (Å²) in [5.41, 5.74) is 0.642. The highest BCUT2D eigenvalue weighted by Crippen LogP contribution is 2.32. The lowest BCUT2D eigenvalue weighted by molar-refractivity contribution is -0.384. The Balaban J connectivity index is 2.24. The van der Waals surface area contributed by atoms with E-state index in [1.165, 1.54) is 18.9 Å². The minimum absolute atomic E-state index is 0.191. The third-order valence-corrected chi connectivity index (χ3v) is 2.75. The summed E-state index contributed by atoms with van der Waals surface area (Å²) in [6.45, 7) is 2.33. The number of nitro benzene ring substituents is 1. The van der Waals surface area contributed by atoms with Crippen LogP contribution in [0.5, 0.6) is 0 Å². The molecule has 0 atom stereocenters. The Morgan fingerprint density at radius 2 is 2.25 bits per heavy atom. The predicted octanol–water partition coefficient (Wildman–Crippen LogP) is 2.86. The molecule has 1 N–H and O–H groups in total. The van der Waals surface area contributed by atoms with E-state index >= 15 is 0 Å². The van der Waals surface area contributed by atoms with Crippen LogP contribution >= 0.6 is 0 Å². The number of nitrogens with one attached hydrogen (secondary N) is 1. The molecule has 2 rings (SSSR count). The molecular formula is C11H13FN2O2. The average molecular weight is 224 g/mol. The zero-order valence-corrected chi connectivity index (χ0v) is 9.00. The summed E-state index contributed by atoms with van der Waals surface area (Å²) < 4.78 is 13.2. The maximum Gasteiger partial charge on any atom is 0.295 e. The molecule has 0 unspecified atom stereocenters. The summed E-state index contributed by atoms with van der Waals surface area (Å²) >= 11 is 0. The summed E-state index contributed by atoms with van der Waals surface area (Å²) in [7, 11) is 0. The number of nitrogens with zero attached hydrogens (tertiary/aromatic N) is 1. The molecule has 5 heteroatoms. The van der Waals surface area contributed by atoms with Gasteiger partial charge in [0.2, 0.25) is 0 Å². The van der Waals surface area contributed by atoms with Crippen molar-refractivity contribution in [3.63, 3.8) is 0 Å². The first-order chi connectivity index (χ1) is 7.58. The Hall–Kier alpha value is -1.65. The monoisotopic (exact) mass is 224 g/mol. The molecule has 1 aliphatic carbocycles. The van der Waals surface area contributed by atoms with Gasteiger partial charge >= 0.3 is 0 Å². The largest absolute Gasteiger partial charge is 0.379 e. The highest BCUT2D eigenvalue weighted by Gasteiger charge is 2.23.